The van der Waals surface area contributed by atoms with Crippen LogP contribution < -0.4 is 20.1 Å². The second-order valence-corrected chi connectivity index (χ2v) is 7.88. The zero-order valence-corrected chi connectivity index (χ0v) is 17.5. The molecule has 0 spiro atoms. The molecule has 0 fully saturated rings. The normalized spacial score (nSPS) is 13.2. The number of nitrogens with zero attached hydrogens (tertiary/aromatic N) is 1. The van der Waals surface area contributed by atoms with Crippen LogP contribution >= 0.6 is 0 Å². The minimum atomic E-state index is -1.34. The number of hydrogen-bond donors (Lipinski definition) is 3. The highest BCUT2D eigenvalue weighted by atomic mass is 16.5. The van der Waals surface area contributed by atoms with Crippen molar-refractivity contribution in [1.29, 1.82) is 0 Å². The van der Waals surface area contributed by atoms with E-state index in [2.05, 4.69) is 15.6 Å². The van der Waals surface area contributed by atoms with Crippen LogP contribution in [0.2, 0.25) is 0 Å². The topological polar surface area (TPSA) is 110 Å². The zero-order chi connectivity index (χ0) is 21.8. The number of amides is 2. The van der Waals surface area contributed by atoms with Gasteiger partial charge < -0.3 is 25.2 Å². The standard InChI is InChI=1S/C21H27N3O5/c1-13-7-9-15(28-6)11-16(13)29-17-10-8-14(12-22-17)23-18(25)21(5,20(2,3)4)24-19(26)27/h7-12,24H,1-6H3,(H,23,25)(H,26,27)/t21-/m0/s1. The molecule has 1 aromatic heterocycles. The average molecular weight is 401 g/mol. The second-order valence-electron chi connectivity index (χ2n) is 7.88. The number of methoxy groups -OCH3 is 1. The molecule has 156 valence electrons. The van der Waals surface area contributed by atoms with E-state index in [1.54, 1.807) is 53.0 Å². The Labute approximate surface area is 170 Å². The van der Waals surface area contributed by atoms with Gasteiger partial charge in [-0.2, -0.15) is 0 Å². The third-order valence-corrected chi connectivity index (χ3v) is 4.92. The van der Waals surface area contributed by atoms with Crippen molar-refractivity contribution in [2.75, 3.05) is 12.4 Å². The van der Waals surface area contributed by atoms with Crippen molar-refractivity contribution in [3.8, 4) is 17.4 Å². The van der Waals surface area contributed by atoms with Crippen LogP contribution in [0.15, 0.2) is 36.5 Å². The minimum Gasteiger partial charge on any atom is -0.497 e. The largest absolute Gasteiger partial charge is 0.497 e. The summed E-state index contributed by atoms with van der Waals surface area (Å²) in [7, 11) is 1.58. The number of benzene rings is 1. The van der Waals surface area contributed by atoms with Crippen molar-refractivity contribution in [3.63, 3.8) is 0 Å². The lowest BCUT2D eigenvalue weighted by Crippen LogP contribution is -2.62. The van der Waals surface area contributed by atoms with E-state index in [1.165, 1.54) is 6.20 Å². The number of anilines is 1. The Morgan fingerprint density at radius 1 is 1.10 bits per heavy atom. The molecule has 1 heterocycles. The van der Waals surface area contributed by atoms with Crippen LogP contribution in [0.25, 0.3) is 0 Å². The van der Waals surface area contributed by atoms with Crippen molar-refractivity contribution in [2.24, 2.45) is 5.41 Å². The minimum absolute atomic E-state index is 0.349. The van der Waals surface area contributed by atoms with E-state index in [-0.39, 0.29) is 0 Å². The third kappa shape index (κ3) is 5.16. The summed E-state index contributed by atoms with van der Waals surface area (Å²) in [4.78, 5) is 28.2. The van der Waals surface area contributed by atoms with Gasteiger partial charge in [0.05, 0.1) is 19.0 Å². The molecule has 0 unspecified atom stereocenters. The maximum Gasteiger partial charge on any atom is 0.405 e. The van der Waals surface area contributed by atoms with Crippen LogP contribution in [-0.2, 0) is 4.79 Å². The number of hydrogen-bond acceptors (Lipinski definition) is 5. The van der Waals surface area contributed by atoms with Gasteiger partial charge in [-0.3, -0.25) is 4.79 Å². The van der Waals surface area contributed by atoms with Gasteiger partial charge in [-0.1, -0.05) is 26.8 Å². The van der Waals surface area contributed by atoms with Crippen molar-refractivity contribution < 1.29 is 24.2 Å². The molecule has 2 rings (SSSR count). The molecule has 0 aliphatic rings. The second kappa shape index (κ2) is 8.38. The molecular weight excluding hydrogens is 374 g/mol. The van der Waals surface area contributed by atoms with Crippen LogP contribution in [0.4, 0.5) is 10.5 Å². The zero-order valence-electron chi connectivity index (χ0n) is 17.5. The lowest BCUT2D eigenvalue weighted by Gasteiger charge is -2.40. The van der Waals surface area contributed by atoms with Gasteiger partial charge in [-0.05, 0) is 37.0 Å². The molecular formula is C21H27N3O5. The van der Waals surface area contributed by atoms with E-state index >= 15 is 0 Å². The highest BCUT2D eigenvalue weighted by Crippen LogP contribution is 2.32. The smallest absolute Gasteiger partial charge is 0.405 e. The molecule has 29 heavy (non-hydrogen) atoms. The van der Waals surface area contributed by atoms with Gasteiger partial charge in [0.25, 0.3) is 5.91 Å². The maximum absolute atomic E-state index is 12.8. The Morgan fingerprint density at radius 3 is 2.31 bits per heavy atom. The van der Waals surface area contributed by atoms with Gasteiger partial charge in [0, 0.05) is 12.1 Å². The van der Waals surface area contributed by atoms with Gasteiger partial charge in [-0.15, -0.1) is 0 Å². The van der Waals surface area contributed by atoms with E-state index in [4.69, 9.17) is 14.6 Å². The highest BCUT2D eigenvalue weighted by Gasteiger charge is 2.45. The number of carbonyl (C=O) groups is 2. The van der Waals surface area contributed by atoms with Crippen LogP contribution in [0.1, 0.15) is 33.3 Å². The van der Waals surface area contributed by atoms with E-state index in [0.29, 0.717) is 23.1 Å². The van der Waals surface area contributed by atoms with E-state index in [0.717, 1.165) is 5.56 Å². The molecule has 0 saturated carbocycles. The molecule has 0 aliphatic heterocycles. The summed E-state index contributed by atoms with van der Waals surface area (Å²) in [5.41, 5.74) is -0.653. The van der Waals surface area contributed by atoms with Crippen molar-refractivity contribution in [3.05, 3.63) is 42.1 Å². The maximum atomic E-state index is 12.8. The first-order chi connectivity index (χ1) is 13.5. The van der Waals surface area contributed by atoms with Gasteiger partial charge in [0.2, 0.25) is 5.88 Å². The fourth-order valence-electron chi connectivity index (χ4n) is 2.50. The quantitative estimate of drug-likeness (QED) is 0.669. The summed E-state index contributed by atoms with van der Waals surface area (Å²) in [6.45, 7) is 8.82. The molecule has 0 aliphatic carbocycles. The van der Waals surface area contributed by atoms with Crippen molar-refractivity contribution in [2.45, 2.75) is 40.2 Å². The fraction of sp³-hybridized carbons (Fsp3) is 0.381. The number of nitrogens with one attached hydrogen (secondary N) is 2. The average Bonchev–Trinajstić information content (AvgIpc) is 2.63. The first kappa shape index (κ1) is 22.0. The van der Waals surface area contributed by atoms with E-state index in [1.807, 2.05) is 19.1 Å². The Hall–Kier alpha value is -3.29. The van der Waals surface area contributed by atoms with Gasteiger partial charge >= 0.3 is 6.09 Å². The molecule has 2 amide bonds. The summed E-state index contributed by atoms with van der Waals surface area (Å²) >= 11 is 0. The first-order valence-electron chi connectivity index (χ1n) is 9.07. The summed E-state index contributed by atoms with van der Waals surface area (Å²) in [6, 6.07) is 8.74. The lowest BCUT2D eigenvalue weighted by molar-refractivity contribution is -0.125. The Bertz CT molecular complexity index is 890. The SMILES string of the molecule is COc1ccc(C)c(Oc2ccc(NC(=O)[C@](C)(NC(=O)O)C(C)(C)C)cn2)c1. The number of aryl methyl sites for hydroxylation is 1. The van der Waals surface area contributed by atoms with Crippen molar-refractivity contribution >= 4 is 17.7 Å². The summed E-state index contributed by atoms with van der Waals surface area (Å²) in [5, 5.41) is 14.2. The molecule has 3 N–H and O–H groups in total. The first-order valence-corrected chi connectivity index (χ1v) is 9.07. The van der Waals surface area contributed by atoms with Gasteiger partial charge in [0.15, 0.2) is 0 Å². The molecule has 1 atom stereocenters. The van der Waals surface area contributed by atoms with Gasteiger partial charge in [0.1, 0.15) is 17.0 Å². The lowest BCUT2D eigenvalue weighted by atomic mass is 9.74. The van der Waals surface area contributed by atoms with Crippen LogP contribution in [-0.4, -0.2) is 34.7 Å². The number of carbonyl (C=O) groups excluding carboxylic acids is 1. The third-order valence-electron chi connectivity index (χ3n) is 4.92. The molecule has 8 heteroatoms. The predicted octanol–water partition coefficient (Wildman–Crippen LogP) is 4.20. The predicted molar refractivity (Wildman–Crippen MR) is 110 cm³/mol. The number of carboxylic acid groups (broad SMARTS) is 1. The molecule has 1 aromatic carbocycles. The summed E-state index contributed by atoms with van der Waals surface area (Å²) < 4.78 is 11.0. The number of ether oxygens (including phenoxy) is 2. The molecule has 0 radical (unpaired) electrons. The molecule has 0 bridgehead atoms. The number of pyridine rings is 1. The number of aromatic nitrogens is 1. The number of rotatable bonds is 6. The highest BCUT2D eigenvalue weighted by molar-refractivity contribution is 6.00. The van der Waals surface area contributed by atoms with Crippen LogP contribution in [0.3, 0.4) is 0 Å². The molecule has 0 saturated heterocycles. The summed E-state index contributed by atoms with van der Waals surface area (Å²) in [6.07, 6.45) is 0.181. The Balaban J connectivity index is 2.16. The van der Waals surface area contributed by atoms with E-state index in [9.17, 15) is 9.59 Å². The molecule has 2 aromatic rings. The van der Waals surface area contributed by atoms with Crippen molar-refractivity contribution in [1.82, 2.24) is 10.3 Å². The summed E-state index contributed by atoms with van der Waals surface area (Å²) in [5.74, 6) is 1.15. The fourth-order valence-corrected chi connectivity index (χ4v) is 2.50. The van der Waals surface area contributed by atoms with Crippen LogP contribution in [0.5, 0.6) is 17.4 Å². The van der Waals surface area contributed by atoms with Crippen LogP contribution in [0, 0.1) is 12.3 Å². The Kier molecular flexibility index (Phi) is 6.36. The van der Waals surface area contributed by atoms with E-state index < -0.39 is 23.0 Å². The van der Waals surface area contributed by atoms with Gasteiger partial charge in [-0.25, -0.2) is 9.78 Å². The molecule has 8 nitrogen and oxygen atoms in total. The monoisotopic (exact) mass is 401 g/mol. The Morgan fingerprint density at radius 2 is 1.79 bits per heavy atom.